The van der Waals surface area contributed by atoms with Crippen molar-refractivity contribution < 1.29 is 13.0 Å². The normalized spacial score (nSPS) is 20.0. The van der Waals surface area contributed by atoms with Crippen LogP contribution in [0.25, 0.3) is 0 Å². The van der Waals surface area contributed by atoms with E-state index in [-0.39, 0.29) is 11.1 Å². The van der Waals surface area contributed by atoms with Crippen LogP contribution < -0.4 is 5.73 Å². The SMILES string of the molecule is [2H]C([2H])([2H])c1cccc(C(N)=O)c1C([2H])([2H])[2H]. The van der Waals surface area contributed by atoms with Crippen molar-refractivity contribution in [3.63, 3.8) is 0 Å². The van der Waals surface area contributed by atoms with Gasteiger partial charge in [0.2, 0.25) is 5.91 Å². The second-order valence-corrected chi connectivity index (χ2v) is 2.09. The van der Waals surface area contributed by atoms with Gasteiger partial charge in [0.1, 0.15) is 0 Å². The van der Waals surface area contributed by atoms with Gasteiger partial charge in [0.25, 0.3) is 0 Å². The highest BCUT2D eigenvalue weighted by molar-refractivity contribution is 5.94. The summed E-state index contributed by atoms with van der Waals surface area (Å²) in [6, 6.07) is 3.68. The van der Waals surface area contributed by atoms with Crippen LogP contribution in [-0.4, -0.2) is 5.91 Å². The van der Waals surface area contributed by atoms with E-state index >= 15 is 0 Å². The van der Waals surface area contributed by atoms with Crippen LogP contribution >= 0.6 is 0 Å². The first kappa shape index (κ1) is 2.97. The zero-order chi connectivity index (χ0) is 13.4. The monoisotopic (exact) mass is 155 g/mol. The van der Waals surface area contributed by atoms with Gasteiger partial charge < -0.3 is 5.73 Å². The molecule has 1 aromatic carbocycles. The van der Waals surface area contributed by atoms with Crippen molar-refractivity contribution in [1.82, 2.24) is 0 Å². The lowest BCUT2D eigenvalue weighted by Crippen LogP contribution is -2.12. The van der Waals surface area contributed by atoms with E-state index < -0.39 is 25.2 Å². The maximum Gasteiger partial charge on any atom is 0.248 e. The first-order chi connectivity index (χ1) is 7.55. The number of carbonyl (C=O) groups excluding carboxylic acids is 1. The molecule has 2 N–H and O–H groups in total. The molecule has 2 heteroatoms. The smallest absolute Gasteiger partial charge is 0.248 e. The minimum atomic E-state index is -2.70. The summed E-state index contributed by atoms with van der Waals surface area (Å²) >= 11 is 0. The molecule has 0 aromatic heterocycles. The van der Waals surface area contributed by atoms with Crippen molar-refractivity contribution >= 4 is 5.91 Å². The van der Waals surface area contributed by atoms with Gasteiger partial charge in [-0.15, -0.1) is 0 Å². The summed E-state index contributed by atoms with van der Waals surface area (Å²) in [5, 5.41) is 0. The van der Waals surface area contributed by atoms with E-state index in [2.05, 4.69) is 0 Å². The molecular weight excluding hydrogens is 138 g/mol. The van der Waals surface area contributed by atoms with Crippen molar-refractivity contribution in [2.24, 2.45) is 5.73 Å². The number of hydrogen-bond acceptors (Lipinski definition) is 1. The van der Waals surface area contributed by atoms with Gasteiger partial charge in [-0.1, -0.05) is 12.1 Å². The van der Waals surface area contributed by atoms with Crippen LogP contribution in [0.3, 0.4) is 0 Å². The summed E-state index contributed by atoms with van der Waals surface area (Å²) in [6.45, 7) is -5.30. The van der Waals surface area contributed by atoms with Gasteiger partial charge in [-0.2, -0.15) is 0 Å². The summed E-state index contributed by atoms with van der Waals surface area (Å²) in [6.07, 6.45) is 0. The van der Waals surface area contributed by atoms with Gasteiger partial charge in [0.15, 0.2) is 0 Å². The number of benzene rings is 1. The maximum atomic E-state index is 11.1. The molecular formula is C9H11NO. The van der Waals surface area contributed by atoms with E-state index in [1.165, 1.54) is 18.2 Å². The van der Waals surface area contributed by atoms with Crippen molar-refractivity contribution in [2.75, 3.05) is 0 Å². The van der Waals surface area contributed by atoms with Crippen LogP contribution in [0.1, 0.15) is 29.7 Å². The Hall–Kier alpha value is -1.31. The van der Waals surface area contributed by atoms with E-state index in [4.69, 9.17) is 14.0 Å². The van der Waals surface area contributed by atoms with Crippen molar-refractivity contribution in [3.8, 4) is 0 Å². The van der Waals surface area contributed by atoms with Crippen molar-refractivity contribution in [2.45, 2.75) is 13.7 Å². The molecule has 1 amide bonds. The predicted molar refractivity (Wildman–Crippen MR) is 44.4 cm³/mol. The molecule has 2 nitrogen and oxygen atoms in total. The van der Waals surface area contributed by atoms with Gasteiger partial charge in [-0.3, -0.25) is 4.79 Å². The molecule has 1 rings (SSSR count). The third-order valence-corrected chi connectivity index (χ3v) is 1.33. The first-order valence-electron chi connectivity index (χ1n) is 5.99. The van der Waals surface area contributed by atoms with Crippen molar-refractivity contribution in [1.29, 1.82) is 0 Å². The largest absolute Gasteiger partial charge is 0.366 e. The van der Waals surface area contributed by atoms with Crippen LogP contribution in [0.15, 0.2) is 18.2 Å². The average molecular weight is 155 g/mol. The van der Waals surface area contributed by atoms with Gasteiger partial charge in [0.05, 0.1) is 0 Å². The van der Waals surface area contributed by atoms with Gasteiger partial charge in [-0.05, 0) is 30.9 Å². The molecule has 0 heterocycles. The van der Waals surface area contributed by atoms with Gasteiger partial charge in [0, 0.05) is 13.8 Å². The Morgan fingerprint density at radius 2 is 2.36 bits per heavy atom. The number of carbonyl (C=O) groups is 1. The molecule has 58 valence electrons. The molecule has 0 unspecified atom stereocenters. The maximum absolute atomic E-state index is 11.1. The Morgan fingerprint density at radius 1 is 1.55 bits per heavy atom. The first-order valence-corrected chi connectivity index (χ1v) is 2.99. The summed E-state index contributed by atoms with van der Waals surface area (Å²) in [5.41, 5.74) is 3.91. The van der Waals surface area contributed by atoms with Crippen LogP contribution in [0.2, 0.25) is 0 Å². The fraction of sp³-hybridized carbons (Fsp3) is 0.222. The molecule has 0 saturated carbocycles. The van der Waals surface area contributed by atoms with E-state index in [0.717, 1.165) is 0 Å². The highest BCUT2D eigenvalue weighted by Crippen LogP contribution is 2.11. The van der Waals surface area contributed by atoms with Crippen molar-refractivity contribution in [3.05, 3.63) is 34.9 Å². The molecule has 0 aliphatic carbocycles. The minimum Gasteiger partial charge on any atom is -0.366 e. The lowest BCUT2D eigenvalue weighted by molar-refractivity contribution is 0.0999. The second kappa shape index (κ2) is 2.74. The Kier molecular flexibility index (Phi) is 0.741. The van der Waals surface area contributed by atoms with E-state index in [1.54, 1.807) is 0 Å². The predicted octanol–water partition coefficient (Wildman–Crippen LogP) is 1.40. The fourth-order valence-electron chi connectivity index (χ4n) is 0.758. The van der Waals surface area contributed by atoms with Gasteiger partial charge >= 0.3 is 0 Å². The summed E-state index contributed by atoms with van der Waals surface area (Å²) < 4.78 is 43.7. The number of rotatable bonds is 1. The molecule has 11 heavy (non-hydrogen) atoms. The Labute approximate surface area is 74.5 Å². The lowest BCUT2D eigenvalue weighted by Gasteiger charge is -2.03. The lowest BCUT2D eigenvalue weighted by atomic mass is 10.0. The number of primary amides is 1. The van der Waals surface area contributed by atoms with E-state index in [0.29, 0.717) is 0 Å². The Bertz CT molecular complexity index is 448. The molecule has 0 radical (unpaired) electrons. The van der Waals surface area contributed by atoms with Crippen LogP contribution in [-0.2, 0) is 0 Å². The number of hydrogen-bond donors (Lipinski definition) is 1. The topological polar surface area (TPSA) is 43.1 Å². The number of aryl methyl sites for hydroxylation is 1. The fourth-order valence-corrected chi connectivity index (χ4v) is 0.758. The molecule has 0 atom stereocenters. The molecule has 0 aliphatic rings. The number of nitrogens with two attached hydrogens (primary N) is 1. The summed E-state index contributed by atoms with van der Waals surface area (Å²) in [7, 11) is 0. The third-order valence-electron chi connectivity index (χ3n) is 1.33. The highest BCUT2D eigenvalue weighted by Gasteiger charge is 2.04. The molecule has 0 bridgehead atoms. The van der Waals surface area contributed by atoms with E-state index in [9.17, 15) is 4.79 Å². The molecule has 0 saturated heterocycles. The Balaban J connectivity index is 3.64. The standard InChI is InChI=1S/C9H11NO/c1-6-4-3-5-8(7(6)2)9(10)11/h3-5H,1-2H3,(H2,10,11)/i1D3,2D3. The molecule has 0 fully saturated rings. The second-order valence-electron chi connectivity index (χ2n) is 2.09. The zero-order valence-corrected chi connectivity index (χ0v) is 5.72. The zero-order valence-electron chi connectivity index (χ0n) is 11.7. The molecule has 0 aliphatic heterocycles. The molecule has 0 spiro atoms. The Morgan fingerprint density at radius 3 is 2.91 bits per heavy atom. The highest BCUT2D eigenvalue weighted by atomic mass is 16.1. The average Bonchev–Trinajstić information content (AvgIpc) is 2.13. The number of amides is 1. The summed E-state index contributed by atoms with van der Waals surface area (Å²) in [4.78, 5) is 11.1. The van der Waals surface area contributed by atoms with Gasteiger partial charge in [-0.25, -0.2) is 0 Å². The van der Waals surface area contributed by atoms with E-state index in [1.807, 2.05) is 0 Å². The summed E-state index contributed by atoms with van der Waals surface area (Å²) in [5.74, 6) is -0.956. The third kappa shape index (κ3) is 1.40. The molecule has 1 aromatic rings. The van der Waals surface area contributed by atoms with Crippen LogP contribution in [0.4, 0.5) is 0 Å². The van der Waals surface area contributed by atoms with Crippen LogP contribution in [0.5, 0.6) is 0 Å². The minimum absolute atomic E-state index is 0.279. The van der Waals surface area contributed by atoms with Crippen LogP contribution in [0, 0.1) is 13.7 Å². The quantitative estimate of drug-likeness (QED) is 0.654.